The van der Waals surface area contributed by atoms with Gasteiger partial charge in [0.25, 0.3) is 0 Å². The Morgan fingerprint density at radius 2 is 2.21 bits per heavy atom. The van der Waals surface area contributed by atoms with Crippen molar-refractivity contribution in [1.29, 1.82) is 5.26 Å². The minimum Gasteiger partial charge on any atom is -0.303 e. The summed E-state index contributed by atoms with van der Waals surface area (Å²) >= 11 is 0. The minimum absolute atomic E-state index is 0.226. The molecule has 3 unspecified atom stereocenters. The van der Waals surface area contributed by atoms with Gasteiger partial charge in [-0.05, 0) is 63.6 Å². The van der Waals surface area contributed by atoms with Crippen molar-refractivity contribution in [2.24, 2.45) is 11.8 Å². The van der Waals surface area contributed by atoms with Crippen molar-refractivity contribution >= 4 is 0 Å². The molecule has 1 N–H and O–H groups in total. The molecule has 0 amide bonds. The highest BCUT2D eigenvalue weighted by atomic mass is 15.1. The van der Waals surface area contributed by atoms with E-state index < -0.39 is 0 Å². The van der Waals surface area contributed by atoms with Crippen molar-refractivity contribution in [3.05, 3.63) is 0 Å². The van der Waals surface area contributed by atoms with Gasteiger partial charge in [0, 0.05) is 6.54 Å². The second-order valence-corrected chi connectivity index (χ2v) is 6.54. The summed E-state index contributed by atoms with van der Waals surface area (Å²) in [6, 6.07) is 2.60. The summed E-state index contributed by atoms with van der Waals surface area (Å²) in [5, 5.41) is 13.0. The second-order valence-electron chi connectivity index (χ2n) is 6.54. The van der Waals surface area contributed by atoms with Crippen LogP contribution in [0.3, 0.4) is 0 Å². The van der Waals surface area contributed by atoms with E-state index in [2.05, 4.69) is 30.1 Å². The summed E-state index contributed by atoms with van der Waals surface area (Å²) in [5.41, 5.74) is -0.226. The quantitative estimate of drug-likeness (QED) is 0.829. The smallest absolute Gasteiger partial charge is 0.109 e. The monoisotopic (exact) mass is 263 g/mol. The topological polar surface area (TPSA) is 39.1 Å². The SMILES string of the molecule is CCNC1(C#N)CCCC1CCN1CCCC(C)C1. The van der Waals surface area contributed by atoms with Gasteiger partial charge in [0.2, 0.25) is 0 Å². The summed E-state index contributed by atoms with van der Waals surface area (Å²) < 4.78 is 0. The Bertz CT molecular complexity index is 322. The van der Waals surface area contributed by atoms with Crippen LogP contribution in [0.5, 0.6) is 0 Å². The number of nitrogens with zero attached hydrogens (tertiary/aromatic N) is 2. The summed E-state index contributed by atoms with van der Waals surface area (Å²) in [5.74, 6) is 1.40. The Morgan fingerprint density at radius 1 is 1.37 bits per heavy atom. The average Bonchev–Trinajstić information content (AvgIpc) is 2.80. The highest BCUT2D eigenvalue weighted by Crippen LogP contribution is 2.37. The Balaban J connectivity index is 1.86. The molecule has 2 aliphatic rings. The first-order valence-corrected chi connectivity index (χ1v) is 8.09. The molecule has 3 heteroatoms. The van der Waals surface area contributed by atoms with E-state index in [4.69, 9.17) is 0 Å². The lowest BCUT2D eigenvalue weighted by atomic mass is 9.85. The zero-order valence-corrected chi connectivity index (χ0v) is 12.6. The molecule has 1 saturated heterocycles. The Hall–Kier alpha value is -0.590. The molecule has 1 aliphatic heterocycles. The number of nitriles is 1. The van der Waals surface area contributed by atoms with E-state index in [1.165, 1.54) is 51.7 Å². The van der Waals surface area contributed by atoms with Crippen molar-refractivity contribution in [2.75, 3.05) is 26.2 Å². The van der Waals surface area contributed by atoms with Crippen LogP contribution in [0.15, 0.2) is 0 Å². The number of hydrogen-bond donors (Lipinski definition) is 1. The van der Waals surface area contributed by atoms with Crippen LogP contribution in [0.4, 0.5) is 0 Å². The molecule has 108 valence electrons. The van der Waals surface area contributed by atoms with Gasteiger partial charge in [-0.15, -0.1) is 0 Å². The van der Waals surface area contributed by atoms with Gasteiger partial charge in [-0.1, -0.05) is 20.3 Å². The average molecular weight is 263 g/mol. The molecular formula is C16H29N3. The van der Waals surface area contributed by atoms with Crippen LogP contribution in [0.1, 0.15) is 52.4 Å². The first kappa shape index (κ1) is 14.8. The fraction of sp³-hybridized carbons (Fsp3) is 0.938. The molecule has 0 radical (unpaired) electrons. The largest absolute Gasteiger partial charge is 0.303 e. The molecule has 1 saturated carbocycles. The molecule has 0 aromatic heterocycles. The summed E-state index contributed by atoms with van der Waals surface area (Å²) in [6.07, 6.45) is 7.40. The predicted octanol–water partition coefficient (Wildman–Crippen LogP) is 2.78. The molecule has 0 spiro atoms. The number of rotatable bonds is 5. The van der Waals surface area contributed by atoms with E-state index in [9.17, 15) is 5.26 Å². The third kappa shape index (κ3) is 3.49. The van der Waals surface area contributed by atoms with Crippen LogP contribution in [-0.4, -0.2) is 36.6 Å². The van der Waals surface area contributed by atoms with Crippen LogP contribution < -0.4 is 5.32 Å². The van der Waals surface area contributed by atoms with E-state index in [1.807, 2.05) is 0 Å². The lowest BCUT2D eigenvalue weighted by molar-refractivity contribution is 0.163. The Kier molecular flexibility index (Phi) is 5.24. The fourth-order valence-corrected chi connectivity index (χ4v) is 4.03. The molecule has 2 fully saturated rings. The minimum atomic E-state index is -0.226. The van der Waals surface area contributed by atoms with E-state index in [0.29, 0.717) is 5.92 Å². The maximum atomic E-state index is 9.57. The Morgan fingerprint density at radius 3 is 2.89 bits per heavy atom. The highest BCUT2D eigenvalue weighted by molar-refractivity contribution is 5.14. The Labute approximate surface area is 118 Å². The maximum absolute atomic E-state index is 9.57. The molecule has 2 rings (SSSR count). The standard InChI is InChI=1S/C16H29N3/c1-3-18-16(13-17)9-4-7-15(16)8-11-19-10-5-6-14(2)12-19/h14-15,18H,3-12H2,1-2H3. The highest BCUT2D eigenvalue weighted by Gasteiger charge is 2.42. The van der Waals surface area contributed by atoms with Crippen molar-refractivity contribution in [3.63, 3.8) is 0 Å². The number of piperidine rings is 1. The van der Waals surface area contributed by atoms with E-state index in [1.54, 1.807) is 0 Å². The van der Waals surface area contributed by atoms with Crippen molar-refractivity contribution in [1.82, 2.24) is 10.2 Å². The number of hydrogen-bond acceptors (Lipinski definition) is 3. The van der Waals surface area contributed by atoms with Gasteiger partial charge in [0.05, 0.1) is 6.07 Å². The van der Waals surface area contributed by atoms with Crippen LogP contribution in [0.2, 0.25) is 0 Å². The van der Waals surface area contributed by atoms with Crippen molar-refractivity contribution < 1.29 is 0 Å². The lowest BCUT2D eigenvalue weighted by Gasteiger charge is -2.34. The zero-order chi connectivity index (χ0) is 13.7. The zero-order valence-electron chi connectivity index (χ0n) is 12.6. The van der Waals surface area contributed by atoms with Gasteiger partial charge < -0.3 is 4.90 Å². The van der Waals surface area contributed by atoms with E-state index in [-0.39, 0.29) is 5.54 Å². The molecule has 1 aliphatic carbocycles. The molecule has 0 aromatic rings. The van der Waals surface area contributed by atoms with Gasteiger partial charge in [0.1, 0.15) is 5.54 Å². The van der Waals surface area contributed by atoms with Crippen LogP contribution in [0.25, 0.3) is 0 Å². The first-order chi connectivity index (χ1) is 9.20. The number of nitrogens with one attached hydrogen (secondary N) is 1. The third-order valence-corrected chi connectivity index (χ3v) is 5.05. The molecule has 3 nitrogen and oxygen atoms in total. The second kappa shape index (κ2) is 6.72. The van der Waals surface area contributed by atoms with Gasteiger partial charge >= 0.3 is 0 Å². The van der Waals surface area contributed by atoms with Crippen LogP contribution >= 0.6 is 0 Å². The lowest BCUT2D eigenvalue weighted by Crippen LogP contribution is -2.48. The van der Waals surface area contributed by atoms with E-state index >= 15 is 0 Å². The van der Waals surface area contributed by atoms with Crippen LogP contribution in [0, 0.1) is 23.2 Å². The van der Waals surface area contributed by atoms with Gasteiger partial charge in [-0.25, -0.2) is 0 Å². The number of likely N-dealkylation sites (tertiary alicyclic amines) is 1. The predicted molar refractivity (Wildman–Crippen MR) is 78.8 cm³/mol. The van der Waals surface area contributed by atoms with Crippen molar-refractivity contribution in [3.8, 4) is 6.07 Å². The van der Waals surface area contributed by atoms with Crippen LogP contribution in [-0.2, 0) is 0 Å². The summed E-state index contributed by atoms with van der Waals surface area (Å²) in [4.78, 5) is 2.61. The molecular weight excluding hydrogens is 234 g/mol. The fourth-order valence-electron chi connectivity index (χ4n) is 4.03. The maximum Gasteiger partial charge on any atom is 0.109 e. The van der Waals surface area contributed by atoms with E-state index in [0.717, 1.165) is 18.9 Å². The summed E-state index contributed by atoms with van der Waals surface area (Å²) in [6.45, 7) is 9.08. The first-order valence-electron chi connectivity index (χ1n) is 8.09. The van der Waals surface area contributed by atoms with Gasteiger partial charge in [-0.3, -0.25) is 5.32 Å². The summed E-state index contributed by atoms with van der Waals surface area (Å²) in [7, 11) is 0. The molecule has 1 heterocycles. The molecule has 3 atom stereocenters. The van der Waals surface area contributed by atoms with Gasteiger partial charge in [0.15, 0.2) is 0 Å². The third-order valence-electron chi connectivity index (χ3n) is 5.05. The molecule has 0 bridgehead atoms. The molecule has 19 heavy (non-hydrogen) atoms. The van der Waals surface area contributed by atoms with Crippen molar-refractivity contribution in [2.45, 2.75) is 57.9 Å². The normalized spacial score (nSPS) is 36.3. The molecule has 0 aromatic carbocycles. The van der Waals surface area contributed by atoms with Gasteiger partial charge in [-0.2, -0.15) is 5.26 Å².